The fourth-order valence-electron chi connectivity index (χ4n) is 3.05. The highest BCUT2D eigenvalue weighted by atomic mass is 16.5. The number of nitrogens with one attached hydrogen (secondary N) is 1. The van der Waals surface area contributed by atoms with Crippen LogP contribution >= 0.6 is 0 Å². The largest absolute Gasteiger partial charge is 0.378 e. The van der Waals surface area contributed by atoms with E-state index >= 15 is 0 Å². The maximum absolute atomic E-state index is 5.64. The van der Waals surface area contributed by atoms with E-state index in [1.54, 1.807) is 0 Å². The van der Waals surface area contributed by atoms with Gasteiger partial charge in [0, 0.05) is 12.6 Å². The summed E-state index contributed by atoms with van der Waals surface area (Å²) in [5.74, 6) is 0.914. The van der Waals surface area contributed by atoms with Crippen LogP contribution in [0.2, 0.25) is 0 Å². The first-order valence-electron chi connectivity index (χ1n) is 8.15. The smallest absolute Gasteiger partial charge is 0.0580 e. The molecular formula is C16H33NO. The molecule has 18 heavy (non-hydrogen) atoms. The van der Waals surface area contributed by atoms with Gasteiger partial charge in [0.05, 0.1) is 6.10 Å². The summed E-state index contributed by atoms with van der Waals surface area (Å²) < 4.78 is 5.64. The molecule has 0 heterocycles. The molecule has 1 atom stereocenters. The molecule has 2 nitrogen and oxygen atoms in total. The lowest BCUT2D eigenvalue weighted by Crippen LogP contribution is -2.38. The first kappa shape index (κ1) is 16.0. The Kier molecular flexibility index (Phi) is 8.70. The Morgan fingerprint density at radius 3 is 2.50 bits per heavy atom. The molecule has 108 valence electrons. The van der Waals surface area contributed by atoms with Crippen molar-refractivity contribution in [2.24, 2.45) is 5.92 Å². The van der Waals surface area contributed by atoms with Gasteiger partial charge in [0.1, 0.15) is 0 Å². The molecule has 0 aromatic carbocycles. The van der Waals surface area contributed by atoms with Crippen LogP contribution in [0.25, 0.3) is 0 Å². The Bertz CT molecular complexity index is 190. The maximum atomic E-state index is 5.64. The number of ether oxygens (including phenoxy) is 1. The lowest BCUT2D eigenvalue weighted by atomic mass is 9.77. The topological polar surface area (TPSA) is 21.3 Å². The maximum Gasteiger partial charge on any atom is 0.0580 e. The normalized spacial score (nSPS) is 24.8. The molecule has 1 aliphatic rings. The molecule has 0 bridgehead atoms. The molecular weight excluding hydrogens is 222 g/mol. The van der Waals surface area contributed by atoms with Crippen molar-refractivity contribution in [2.45, 2.75) is 84.3 Å². The van der Waals surface area contributed by atoms with Gasteiger partial charge in [0.25, 0.3) is 0 Å². The molecule has 2 heteroatoms. The Labute approximate surface area is 114 Å². The number of unbranched alkanes of at least 4 members (excludes halogenated alkanes) is 3. The van der Waals surface area contributed by atoms with Gasteiger partial charge in [-0.25, -0.2) is 0 Å². The van der Waals surface area contributed by atoms with E-state index in [0.29, 0.717) is 6.10 Å². The van der Waals surface area contributed by atoms with E-state index in [2.05, 4.69) is 26.1 Å². The van der Waals surface area contributed by atoms with E-state index in [4.69, 9.17) is 4.74 Å². The Hall–Kier alpha value is -0.0800. The van der Waals surface area contributed by atoms with Gasteiger partial charge in [-0.3, -0.25) is 0 Å². The van der Waals surface area contributed by atoms with E-state index in [1.807, 2.05) is 0 Å². The third-order valence-corrected chi connectivity index (χ3v) is 4.11. The summed E-state index contributed by atoms with van der Waals surface area (Å²) in [7, 11) is 0. The molecule has 0 aromatic rings. The van der Waals surface area contributed by atoms with Crippen molar-refractivity contribution in [3.8, 4) is 0 Å². The number of hydrogen-bond acceptors (Lipinski definition) is 2. The molecule has 0 radical (unpaired) electrons. The Balaban J connectivity index is 2.10. The summed E-state index contributed by atoms with van der Waals surface area (Å²) in [6, 6.07) is 0.749. The second-order valence-electron chi connectivity index (χ2n) is 5.75. The van der Waals surface area contributed by atoms with Crippen molar-refractivity contribution in [3.05, 3.63) is 0 Å². The summed E-state index contributed by atoms with van der Waals surface area (Å²) in [6.07, 6.45) is 11.4. The van der Waals surface area contributed by atoms with E-state index in [1.165, 1.54) is 51.4 Å². The van der Waals surface area contributed by atoms with Crippen LogP contribution in [0.1, 0.15) is 72.1 Å². The highest BCUT2D eigenvalue weighted by Crippen LogP contribution is 2.34. The molecule has 0 saturated heterocycles. The van der Waals surface area contributed by atoms with Gasteiger partial charge in [-0.15, -0.1) is 0 Å². The quantitative estimate of drug-likeness (QED) is 0.560. The van der Waals surface area contributed by atoms with Crippen LogP contribution in [0.5, 0.6) is 0 Å². The van der Waals surface area contributed by atoms with Crippen LogP contribution in [0.3, 0.4) is 0 Å². The zero-order chi connectivity index (χ0) is 13.2. The van der Waals surface area contributed by atoms with Crippen molar-refractivity contribution < 1.29 is 4.74 Å². The van der Waals surface area contributed by atoms with Crippen LogP contribution in [-0.2, 0) is 4.74 Å². The van der Waals surface area contributed by atoms with E-state index in [0.717, 1.165) is 25.1 Å². The van der Waals surface area contributed by atoms with Gasteiger partial charge in [0.2, 0.25) is 0 Å². The molecule has 0 spiro atoms. The van der Waals surface area contributed by atoms with Crippen molar-refractivity contribution in [1.82, 2.24) is 5.32 Å². The van der Waals surface area contributed by atoms with Crippen LogP contribution in [-0.4, -0.2) is 25.3 Å². The third-order valence-electron chi connectivity index (χ3n) is 4.11. The summed E-state index contributed by atoms with van der Waals surface area (Å²) in [4.78, 5) is 0. The summed E-state index contributed by atoms with van der Waals surface area (Å²) in [5.41, 5.74) is 0. The first-order valence-corrected chi connectivity index (χ1v) is 8.15. The highest BCUT2D eigenvalue weighted by molar-refractivity contribution is 4.84. The zero-order valence-corrected chi connectivity index (χ0v) is 12.7. The van der Waals surface area contributed by atoms with Crippen molar-refractivity contribution in [2.75, 3.05) is 13.2 Å². The van der Waals surface area contributed by atoms with E-state index in [9.17, 15) is 0 Å². The van der Waals surface area contributed by atoms with Crippen molar-refractivity contribution in [1.29, 1.82) is 0 Å². The van der Waals surface area contributed by atoms with Gasteiger partial charge in [0.15, 0.2) is 0 Å². The average Bonchev–Trinajstić information content (AvgIpc) is 2.32. The average molecular weight is 255 g/mol. The summed E-state index contributed by atoms with van der Waals surface area (Å²) in [5, 5.41) is 3.66. The van der Waals surface area contributed by atoms with Crippen LogP contribution < -0.4 is 5.32 Å². The van der Waals surface area contributed by atoms with E-state index in [-0.39, 0.29) is 0 Å². The summed E-state index contributed by atoms with van der Waals surface area (Å²) in [6.45, 7) is 8.60. The predicted octanol–water partition coefficient (Wildman–Crippen LogP) is 4.14. The minimum atomic E-state index is 0.572. The number of rotatable bonds is 11. The van der Waals surface area contributed by atoms with E-state index < -0.39 is 0 Å². The molecule has 1 rings (SSSR count). The zero-order valence-electron chi connectivity index (χ0n) is 12.7. The monoisotopic (exact) mass is 255 g/mol. The van der Waals surface area contributed by atoms with Gasteiger partial charge in [-0.1, -0.05) is 39.5 Å². The highest BCUT2D eigenvalue weighted by Gasteiger charge is 2.30. The van der Waals surface area contributed by atoms with Crippen molar-refractivity contribution >= 4 is 0 Å². The lowest BCUT2D eigenvalue weighted by molar-refractivity contribution is -0.0292. The minimum Gasteiger partial charge on any atom is -0.378 e. The SMILES string of the molecule is CCCCCCC(CC1CC(OCC)C1)NCC. The van der Waals surface area contributed by atoms with Crippen LogP contribution in [0.4, 0.5) is 0 Å². The predicted molar refractivity (Wildman–Crippen MR) is 79.0 cm³/mol. The third kappa shape index (κ3) is 6.19. The molecule has 1 unspecified atom stereocenters. The number of hydrogen-bond donors (Lipinski definition) is 1. The Morgan fingerprint density at radius 1 is 1.11 bits per heavy atom. The van der Waals surface area contributed by atoms with Crippen LogP contribution in [0.15, 0.2) is 0 Å². The van der Waals surface area contributed by atoms with Gasteiger partial charge >= 0.3 is 0 Å². The fourth-order valence-corrected chi connectivity index (χ4v) is 3.05. The first-order chi connectivity index (χ1) is 8.80. The second-order valence-corrected chi connectivity index (χ2v) is 5.75. The molecule has 1 N–H and O–H groups in total. The van der Waals surface area contributed by atoms with Gasteiger partial charge in [-0.05, 0) is 45.1 Å². The standard InChI is InChI=1S/C16H33NO/c1-4-7-8-9-10-15(17-5-2)11-14-12-16(13-14)18-6-3/h14-17H,4-13H2,1-3H3. The lowest BCUT2D eigenvalue weighted by Gasteiger charge is -2.37. The molecule has 0 amide bonds. The molecule has 1 fully saturated rings. The summed E-state index contributed by atoms with van der Waals surface area (Å²) >= 11 is 0. The van der Waals surface area contributed by atoms with Crippen molar-refractivity contribution in [3.63, 3.8) is 0 Å². The minimum absolute atomic E-state index is 0.572. The Morgan fingerprint density at radius 2 is 1.89 bits per heavy atom. The van der Waals surface area contributed by atoms with Crippen LogP contribution in [0, 0.1) is 5.92 Å². The molecule has 1 saturated carbocycles. The molecule has 0 aromatic heterocycles. The fraction of sp³-hybridized carbons (Fsp3) is 1.00. The molecule has 0 aliphatic heterocycles. The van der Waals surface area contributed by atoms with Gasteiger partial charge in [-0.2, -0.15) is 0 Å². The molecule has 1 aliphatic carbocycles. The van der Waals surface area contributed by atoms with Gasteiger partial charge < -0.3 is 10.1 Å². The second kappa shape index (κ2) is 9.80.